The highest BCUT2D eigenvalue weighted by atomic mass is 32.3. The second kappa shape index (κ2) is 7.31. The molecule has 0 saturated heterocycles. The molecule has 2 aromatic rings. The van der Waals surface area contributed by atoms with E-state index in [9.17, 15) is 21.0 Å². The minimum atomic E-state index is -3.90. The molecular formula is C17H23NO5S4. The maximum Gasteiger partial charge on any atom is 0.211 e. The number of sulfone groups is 2. The molecule has 1 heterocycles. The minimum absolute atomic E-state index is 0.288. The van der Waals surface area contributed by atoms with E-state index in [-0.39, 0.29) is 13.6 Å². The summed E-state index contributed by atoms with van der Waals surface area (Å²) in [5, 5.41) is -1.89. The van der Waals surface area contributed by atoms with Crippen LogP contribution in [0.2, 0.25) is 0 Å². The first-order chi connectivity index (χ1) is 12.2. The second-order valence-electron chi connectivity index (χ2n) is 6.75. The van der Waals surface area contributed by atoms with Gasteiger partial charge in [0.15, 0.2) is 19.1 Å². The average Bonchev–Trinajstić information content (AvgIpc) is 3.02. The Morgan fingerprint density at radius 3 is 1.81 bits per heavy atom. The Morgan fingerprint density at radius 1 is 0.889 bits per heavy atom. The Morgan fingerprint density at radius 2 is 1.37 bits per heavy atom. The zero-order valence-electron chi connectivity index (χ0n) is 15.8. The van der Waals surface area contributed by atoms with Gasteiger partial charge in [-0.2, -0.15) is 0 Å². The molecule has 150 valence electrons. The molecule has 1 atom stereocenters. The highest BCUT2D eigenvalue weighted by Gasteiger charge is 2.35. The molecule has 10 heteroatoms. The van der Waals surface area contributed by atoms with Crippen LogP contribution in [0.5, 0.6) is 0 Å². The Hall–Kier alpha value is -1.23. The van der Waals surface area contributed by atoms with Gasteiger partial charge in [0.05, 0.1) is 10.5 Å². The van der Waals surface area contributed by atoms with Crippen molar-refractivity contribution < 1.29 is 21.0 Å². The summed E-state index contributed by atoms with van der Waals surface area (Å²) in [4.78, 5) is 4.33. The van der Waals surface area contributed by atoms with E-state index < -0.39 is 39.7 Å². The predicted molar refractivity (Wildman–Crippen MR) is 110 cm³/mol. The van der Waals surface area contributed by atoms with Crippen LogP contribution in [0.4, 0.5) is 0 Å². The van der Waals surface area contributed by atoms with Gasteiger partial charge in [0.25, 0.3) is 0 Å². The maximum absolute atomic E-state index is 13.5. The molecule has 0 saturated carbocycles. The van der Waals surface area contributed by atoms with Crippen molar-refractivity contribution in [2.24, 2.45) is 0 Å². The highest BCUT2D eigenvalue weighted by Crippen LogP contribution is 2.36. The number of aromatic nitrogens is 1. The van der Waals surface area contributed by atoms with E-state index in [0.29, 0.717) is 16.2 Å². The quantitative estimate of drug-likeness (QED) is 0.629. The van der Waals surface area contributed by atoms with E-state index in [1.807, 2.05) is 6.92 Å². The third-order valence-electron chi connectivity index (χ3n) is 4.00. The van der Waals surface area contributed by atoms with Crippen LogP contribution in [-0.4, -0.2) is 42.4 Å². The molecule has 0 aliphatic rings. The lowest BCUT2D eigenvalue weighted by atomic mass is 10.2. The van der Waals surface area contributed by atoms with E-state index in [2.05, 4.69) is 10.9 Å². The largest absolute Gasteiger partial charge is 0.257 e. The maximum atomic E-state index is 13.5. The third-order valence-corrected chi connectivity index (χ3v) is 12.5. The second-order valence-corrected chi connectivity index (χ2v) is 15.3. The van der Waals surface area contributed by atoms with Crippen molar-refractivity contribution in [2.75, 3.05) is 0 Å². The molecule has 1 unspecified atom stereocenters. The first-order valence-corrected chi connectivity index (χ1v) is 13.8. The summed E-state index contributed by atoms with van der Waals surface area (Å²) in [6, 6.07) is 6.64. The minimum Gasteiger partial charge on any atom is -0.257 e. The number of nitrogens with zero attached hydrogens (tertiary/aromatic N) is 1. The smallest absolute Gasteiger partial charge is 0.211 e. The van der Waals surface area contributed by atoms with Crippen LogP contribution in [-0.2, 0) is 29.2 Å². The van der Waals surface area contributed by atoms with Gasteiger partial charge in [0, 0.05) is 14.4 Å². The van der Waals surface area contributed by atoms with Crippen LogP contribution in [0.1, 0.15) is 33.3 Å². The molecular weight excluding hydrogens is 426 g/mol. The molecule has 0 bridgehead atoms. The van der Waals surface area contributed by atoms with Crippen LogP contribution in [0.15, 0.2) is 42.7 Å². The summed E-state index contributed by atoms with van der Waals surface area (Å²) in [6.07, 6.45) is 0. The van der Waals surface area contributed by atoms with E-state index in [1.54, 1.807) is 24.3 Å². The van der Waals surface area contributed by atoms with Crippen molar-refractivity contribution in [3.63, 3.8) is 0 Å². The molecule has 1 aromatic heterocycles. The summed E-state index contributed by atoms with van der Waals surface area (Å²) in [6.45, 7) is 7.78. The molecule has 0 aliphatic heterocycles. The SMILES string of the molecule is C=S(=O)(c1ccc(C)cc1)c1nc(S(=O)(=O)C(C)C)sc1S(=O)(=O)C(C)C. The zero-order chi connectivity index (χ0) is 20.8. The number of hydrogen-bond acceptors (Lipinski definition) is 7. The van der Waals surface area contributed by atoms with Crippen LogP contribution in [0, 0.1) is 6.92 Å². The lowest BCUT2D eigenvalue weighted by molar-refractivity contribution is 0.582. The fourth-order valence-electron chi connectivity index (χ4n) is 2.07. The van der Waals surface area contributed by atoms with Crippen LogP contribution in [0.3, 0.4) is 0 Å². The summed E-state index contributed by atoms with van der Waals surface area (Å²) in [5.74, 6) is 3.73. The first kappa shape index (κ1) is 22.1. The van der Waals surface area contributed by atoms with Crippen LogP contribution >= 0.6 is 11.3 Å². The van der Waals surface area contributed by atoms with Gasteiger partial charge in [-0.05, 0) is 52.6 Å². The molecule has 0 N–H and O–H groups in total. The van der Waals surface area contributed by atoms with Gasteiger partial charge in [0.1, 0.15) is 0 Å². The molecule has 0 amide bonds. The Balaban J connectivity index is 2.86. The topological polar surface area (TPSA) is 98.2 Å². The van der Waals surface area contributed by atoms with Crippen molar-refractivity contribution in [3.05, 3.63) is 29.8 Å². The Bertz CT molecular complexity index is 1150. The van der Waals surface area contributed by atoms with Crippen molar-refractivity contribution >= 4 is 46.4 Å². The van der Waals surface area contributed by atoms with Crippen molar-refractivity contribution in [3.8, 4) is 0 Å². The number of hydrogen-bond donors (Lipinski definition) is 0. The van der Waals surface area contributed by atoms with E-state index in [4.69, 9.17) is 0 Å². The lowest BCUT2D eigenvalue weighted by Crippen LogP contribution is -2.16. The Kier molecular flexibility index (Phi) is 5.97. The molecule has 0 spiro atoms. The zero-order valence-corrected chi connectivity index (χ0v) is 19.1. The number of thiazole rings is 1. The molecule has 6 nitrogen and oxygen atoms in total. The summed E-state index contributed by atoms with van der Waals surface area (Å²) in [5.41, 5.74) is 0.935. The fraction of sp³-hybridized carbons (Fsp3) is 0.412. The molecule has 27 heavy (non-hydrogen) atoms. The summed E-state index contributed by atoms with van der Waals surface area (Å²) >= 11 is 0.549. The molecule has 0 aliphatic carbocycles. The van der Waals surface area contributed by atoms with Gasteiger partial charge in [-0.1, -0.05) is 29.0 Å². The van der Waals surface area contributed by atoms with E-state index in [0.717, 1.165) is 5.56 Å². The van der Waals surface area contributed by atoms with Crippen molar-refractivity contribution in [2.45, 2.75) is 63.6 Å². The molecule has 1 aromatic carbocycles. The summed E-state index contributed by atoms with van der Waals surface area (Å²) in [7, 11) is -11.0. The van der Waals surface area contributed by atoms with Gasteiger partial charge in [-0.25, -0.2) is 21.8 Å². The highest BCUT2D eigenvalue weighted by molar-refractivity contribution is 8.02. The Labute approximate surface area is 165 Å². The fourth-order valence-corrected chi connectivity index (χ4v) is 9.27. The molecule has 0 fully saturated rings. The number of rotatable bonds is 6. The predicted octanol–water partition coefficient (Wildman–Crippen LogP) is 2.95. The van der Waals surface area contributed by atoms with Crippen molar-refractivity contribution in [1.82, 2.24) is 4.98 Å². The lowest BCUT2D eigenvalue weighted by Gasteiger charge is -2.11. The summed E-state index contributed by atoms with van der Waals surface area (Å²) < 4.78 is 63.5. The molecule has 2 rings (SSSR count). The number of aryl methyl sites for hydroxylation is 1. The van der Waals surface area contributed by atoms with E-state index in [1.165, 1.54) is 27.7 Å². The van der Waals surface area contributed by atoms with Crippen LogP contribution < -0.4 is 0 Å². The van der Waals surface area contributed by atoms with Crippen molar-refractivity contribution in [1.29, 1.82) is 0 Å². The third kappa shape index (κ3) is 3.98. The molecule has 0 radical (unpaired) electrons. The normalized spacial score (nSPS) is 15.2. The van der Waals surface area contributed by atoms with Gasteiger partial charge >= 0.3 is 0 Å². The first-order valence-electron chi connectivity index (χ1n) is 8.15. The average molecular weight is 450 g/mol. The van der Waals surface area contributed by atoms with Crippen LogP contribution in [0.25, 0.3) is 0 Å². The monoisotopic (exact) mass is 449 g/mol. The van der Waals surface area contributed by atoms with E-state index >= 15 is 0 Å². The number of benzene rings is 1. The van der Waals surface area contributed by atoms with Gasteiger partial charge in [-0.15, -0.1) is 0 Å². The van der Waals surface area contributed by atoms with Gasteiger partial charge in [0.2, 0.25) is 14.2 Å². The van der Waals surface area contributed by atoms with Gasteiger partial charge < -0.3 is 0 Å². The van der Waals surface area contributed by atoms with Gasteiger partial charge in [-0.3, -0.25) is 4.21 Å². The standard InChI is InChI=1S/C17H23NO5S4/c1-11(2)26(20,21)16-15(18-17(24-16)27(22,23)12(3)4)25(6,19)14-9-7-13(5)8-10-14/h7-12H,6H2,1-5H3.